The first kappa shape index (κ1) is 17.7. The van der Waals surface area contributed by atoms with Gasteiger partial charge in [-0.25, -0.2) is 9.25 Å². The van der Waals surface area contributed by atoms with Gasteiger partial charge in [0.25, 0.3) is 0 Å². The van der Waals surface area contributed by atoms with Crippen molar-refractivity contribution in [3.8, 4) is 0 Å². The molecule has 2 rings (SSSR count). The Bertz CT molecular complexity index is 568. The summed E-state index contributed by atoms with van der Waals surface area (Å²) >= 11 is 2.28. The van der Waals surface area contributed by atoms with Crippen LogP contribution < -0.4 is 0 Å². The maximum absolute atomic E-state index is 12.4. The van der Waals surface area contributed by atoms with E-state index in [0.29, 0.717) is 13.0 Å². The molecular formula is C14H21IN3O3P. The molecule has 1 aliphatic rings. The van der Waals surface area contributed by atoms with Gasteiger partial charge in [-0.3, -0.25) is 4.90 Å². The van der Waals surface area contributed by atoms with Gasteiger partial charge >= 0.3 is 6.09 Å². The lowest BCUT2D eigenvalue weighted by Gasteiger charge is -2.27. The minimum atomic E-state index is -0.515. The van der Waals surface area contributed by atoms with Crippen molar-refractivity contribution in [3.63, 3.8) is 0 Å². The second-order valence-electron chi connectivity index (χ2n) is 6.11. The molecule has 1 amide bonds. The number of amides is 1. The van der Waals surface area contributed by atoms with E-state index in [1.165, 1.54) is 0 Å². The fourth-order valence-electron chi connectivity index (χ4n) is 2.25. The molecule has 0 saturated carbocycles. The summed E-state index contributed by atoms with van der Waals surface area (Å²) in [5.74, 6) is 0. The van der Waals surface area contributed by atoms with Gasteiger partial charge in [0.05, 0.1) is 25.2 Å². The van der Waals surface area contributed by atoms with Gasteiger partial charge < -0.3 is 9.47 Å². The number of halogens is 1. The summed E-state index contributed by atoms with van der Waals surface area (Å²) in [6.07, 6.45) is 6.65. The van der Waals surface area contributed by atoms with E-state index in [4.69, 9.17) is 9.47 Å². The third-order valence-electron chi connectivity index (χ3n) is 3.15. The van der Waals surface area contributed by atoms with Gasteiger partial charge in [-0.15, -0.1) is 0 Å². The fourth-order valence-corrected chi connectivity index (χ4v) is 3.33. The summed E-state index contributed by atoms with van der Waals surface area (Å²) in [7, 11) is 1.64. The number of hydrogen-bond donors (Lipinski definition) is 0. The molecule has 2 unspecified atom stereocenters. The van der Waals surface area contributed by atoms with Crippen LogP contribution in [0.5, 0.6) is 0 Å². The molecule has 1 aromatic heterocycles. The number of aromatic nitrogens is 2. The molecule has 0 bridgehead atoms. The Morgan fingerprint density at radius 1 is 1.55 bits per heavy atom. The predicted octanol–water partition coefficient (Wildman–Crippen LogP) is 3.67. The molecule has 6 nitrogen and oxygen atoms in total. The Morgan fingerprint density at radius 2 is 2.27 bits per heavy atom. The Labute approximate surface area is 145 Å². The van der Waals surface area contributed by atoms with Crippen molar-refractivity contribution in [2.24, 2.45) is 0 Å². The number of ether oxygens (including phenoxy) is 2. The Kier molecular flexibility index (Phi) is 5.85. The zero-order valence-corrected chi connectivity index (χ0v) is 16.3. The lowest BCUT2D eigenvalue weighted by Crippen LogP contribution is -2.39. The minimum Gasteiger partial charge on any atom is -0.443 e. The van der Waals surface area contributed by atoms with Crippen LogP contribution in [0.15, 0.2) is 18.6 Å². The first-order valence-electron chi connectivity index (χ1n) is 6.96. The molecule has 8 heteroatoms. The summed E-state index contributed by atoms with van der Waals surface area (Å²) in [5.41, 5.74) is 1.60. The van der Waals surface area contributed by atoms with E-state index >= 15 is 0 Å². The van der Waals surface area contributed by atoms with Crippen LogP contribution in [0, 0.1) is 0 Å². The quantitative estimate of drug-likeness (QED) is 0.533. The van der Waals surface area contributed by atoms with Crippen LogP contribution in [0.2, 0.25) is 0 Å². The number of rotatable bonds is 4. The number of carbonyl (C=O) groups excluding carboxylic acids is 1. The molecule has 1 aliphatic heterocycles. The SMILES string of the molecule is COCC1CC(c2cnn(PI)c2)=CN1C(=O)OC(C)(C)C. The molecule has 122 valence electrons. The third kappa shape index (κ3) is 4.43. The molecule has 0 aliphatic carbocycles. The van der Waals surface area contributed by atoms with Crippen LogP contribution in [0.1, 0.15) is 32.8 Å². The van der Waals surface area contributed by atoms with Gasteiger partial charge in [0.15, 0.2) is 0 Å². The van der Waals surface area contributed by atoms with E-state index in [1.807, 2.05) is 43.8 Å². The highest BCUT2D eigenvalue weighted by Crippen LogP contribution is 2.32. The van der Waals surface area contributed by atoms with E-state index in [0.717, 1.165) is 17.6 Å². The molecule has 0 radical (unpaired) electrons. The third-order valence-corrected chi connectivity index (χ3v) is 5.05. The van der Waals surface area contributed by atoms with Crippen LogP contribution in [-0.2, 0) is 9.47 Å². The lowest BCUT2D eigenvalue weighted by atomic mass is 10.1. The molecule has 2 heterocycles. The molecule has 0 N–H and O–H groups in total. The van der Waals surface area contributed by atoms with Crippen molar-refractivity contribution < 1.29 is 14.3 Å². The van der Waals surface area contributed by atoms with Gasteiger partial charge in [-0.2, -0.15) is 5.10 Å². The summed E-state index contributed by atoms with van der Waals surface area (Å²) in [6, 6.07) is -0.0414. The van der Waals surface area contributed by atoms with Gasteiger partial charge in [0.2, 0.25) is 0 Å². The zero-order chi connectivity index (χ0) is 16.3. The Hall–Kier alpha value is -0.660. The summed E-state index contributed by atoms with van der Waals surface area (Å²) in [5, 5.41) is 4.29. The first-order valence-corrected chi connectivity index (χ1v) is 11.0. The molecule has 22 heavy (non-hydrogen) atoms. The van der Waals surface area contributed by atoms with Crippen LogP contribution in [0.3, 0.4) is 0 Å². The highest BCUT2D eigenvalue weighted by Gasteiger charge is 2.33. The zero-order valence-electron chi connectivity index (χ0n) is 13.2. The van der Waals surface area contributed by atoms with Crippen molar-refractivity contribution in [1.29, 1.82) is 0 Å². The summed E-state index contributed by atoms with van der Waals surface area (Å²) in [4.78, 5) is 14.0. The highest BCUT2D eigenvalue weighted by molar-refractivity contribution is 14.2. The number of methoxy groups -OCH3 is 1. The Balaban J connectivity index is 2.19. The maximum Gasteiger partial charge on any atom is 0.414 e. The first-order chi connectivity index (χ1) is 10.3. The molecule has 0 saturated heterocycles. The van der Waals surface area contributed by atoms with E-state index in [9.17, 15) is 4.79 Å². The van der Waals surface area contributed by atoms with E-state index in [-0.39, 0.29) is 12.1 Å². The normalized spacial score (nSPS) is 19.0. The standard InChI is InChI=1S/C14H21IN3O3P/c1-14(2,3)21-13(19)17-7-10(5-12(17)9-20-4)11-6-16-18(8-11)22-15/h6-8,12,22H,5,9H2,1-4H3. The fraction of sp³-hybridized carbons (Fsp3) is 0.571. The second-order valence-corrected chi connectivity index (χ2v) is 8.19. The highest BCUT2D eigenvalue weighted by atomic mass is 127. The number of hydrogen-bond acceptors (Lipinski definition) is 4. The number of carbonyl (C=O) groups is 1. The van der Waals surface area contributed by atoms with Crippen LogP contribution >= 0.6 is 28.4 Å². The van der Waals surface area contributed by atoms with Crippen molar-refractivity contribution in [2.45, 2.75) is 38.8 Å². The van der Waals surface area contributed by atoms with Crippen molar-refractivity contribution in [1.82, 2.24) is 14.5 Å². The predicted molar refractivity (Wildman–Crippen MR) is 96.3 cm³/mol. The van der Waals surface area contributed by atoms with Crippen molar-refractivity contribution >= 4 is 40.1 Å². The molecule has 0 fully saturated rings. The average Bonchev–Trinajstić information content (AvgIpc) is 3.02. The van der Waals surface area contributed by atoms with E-state index < -0.39 is 5.60 Å². The molecular weight excluding hydrogens is 416 g/mol. The minimum absolute atomic E-state index is 0.0414. The van der Waals surface area contributed by atoms with E-state index in [2.05, 4.69) is 27.1 Å². The molecule has 0 aromatic carbocycles. The van der Waals surface area contributed by atoms with Crippen LogP contribution in [0.4, 0.5) is 4.79 Å². The topological polar surface area (TPSA) is 56.6 Å². The monoisotopic (exact) mass is 437 g/mol. The number of nitrogens with zero attached hydrogens (tertiary/aromatic N) is 3. The molecule has 1 aromatic rings. The van der Waals surface area contributed by atoms with Gasteiger partial charge in [0.1, 0.15) is 5.60 Å². The van der Waals surface area contributed by atoms with Gasteiger partial charge in [-0.05, 0) is 54.8 Å². The summed E-state index contributed by atoms with van der Waals surface area (Å²) in [6.45, 7) is 6.06. The largest absolute Gasteiger partial charge is 0.443 e. The smallest absolute Gasteiger partial charge is 0.414 e. The molecule has 0 spiro atoms. The maximum atomic E-state index is 12.4. The van der Waals surface area contributed by atoms with Crippen molar-refractivity contribution in [2.75, 3.05) is 13.7 Å². The van der Waals surface area contributed by atoms with Gasteiger partial charge in [-0.1, -0.05) is 0 Å². The Morgan fingerprint density at radius 3 is 2.82 bits per heavy atom. The second kappa shape index (κ2) is 7.27. The molecule has 2 atom stereocenters. The van der Waals surface area contributed by atoms with E-state index in [1.54, 1.807) is 12.0 Å². The lowest BCUT2D eigenvalue weighted by molar-refractivity contribution is 0.0215. The van der Waals surface area contributed by atoms with Crippen LogP contribution in [0.25, 0.3) is 5.57 Å². The summed E-state index contributed by atoms with van der Waals surface area (Å²) < 4.78 is 12.6. The van der Waals surface area contributed by atoms with Gasteiger partial charge in [0, 0.05) is 25.1 Å². The van der Waals surface area contributed by atoms with Crippen molar-refractivity contribution in [3.05, 3.63) is 24.2 Å². The van der Waals surface area contributed by atoms with Crippen LogP contribution in [-0.4, -0.2) is 45.9 Å². The average molecular weight is 437 g/mol.